The number of anilines is 1. The minimum Gasteiger partial charge on any atom is -0.391 e. The maximum absolute atomic E-state index is 12.8. The molecule has 2 rings (SSSR count). The van der Waals surface area contributed by atoms with Crippen molar-refractivity contribution in [3.05, 3.63) is 59.7 Å². The first-order chi connectivity index (χ1) is 13.2. The second-order valence-corrected chi connectivity index (χ2v) is 9.18. The van der Waals surface area contributed by atoms with Crippen LogP contribution in [0.25, 0.3) is 0 Å². The van der Waals surface area contributed by atoms with Gasteiger partial charge in [-0.2, -0.15) is 0 Å². The summed E-state index contributed by atoms with van der Waals surface area (Å²) in [6.45, 7) is 4.24. The molecule has 0 unspecified atom stereocenters. The van der Waals surface area contributed by atoms with Crippen LogP contribution in [0, 0.1) is 5.92 Å². The molecule has 0 saturated carbocycles. The number of nitrogens with one attached hydrogen (secondary N) is 2. The number of aliphatic hydroxyl groups is 1. The van der Waals surface area contributed by atoms with E-state index in [1.54, 1.807) is 25.2 Å². The van der Waals surface area contributed by atoms with Crippen LogP contribution in [-0.4, -0.2) is 39.3 Å². The van der Waals surface area contributed by atoms with Gasteiger partial charge in [-0.15, -0.1) is 0 Å². The number of aliphatic hydroxyl groups excluding tert-OH is 1. The van der Waals surface area contributed by atoms with E-state index < -0.39 is 22.2 Å². The summed E-state index contributed by atoms with van der Waals surface area (Å²) < 4.78 is 28.1. The van der Waals surface area contributed by atoms with E-state index in [0.29, 0.717) is 18.5 Å². The summed E-state index contributed by atoms with van der Waals surface area (Å²) in [5.41, 5.74) is 8.55. The molecule has 0 amide bonds. The van der Waals surface area contributed by atoms with Crippen molar-refractivity contribution in [1.29, 1.82) is 0 Å². The number of hydrogen-bond acceptors (Lipinski definition) is 5. The highest BCUT2D eigenvalue weighted by Gasteiger charge is 2.23. The van der Waals surface area contributed by atoms with Crippen molar-refractivity contribution in [2.45, 2.75) is 43.7 Å². The molecule has 0 spiro atoms. The molecule has 0 aliphatic heterocycles. The quantitative estimate of drug-likeness (QED) is 0.485. The lowest BCUT2D eigenvalue weighted by Crippen LogP contribution is -2.38. The van der Waals surface area contributed by atoms with Gasteiger partial charge in [0.2, 0.25) is 10.0 Å². The van der Waals surface area contributed by atoms with Gasteiger partial charge in [-0.1, -0.05) is 44.2 Å². The average molecular weight is 406 g/mol. The summed E-state index contributed by atoms with van der Waals surface area (Å²) >= 11 is 0. The maximum atomic E-state index is 12.8. The van der Waals surface area contributed by atoms with E-state index in [2.05, 4.69) is 10.0 Å². The van der Waals surface area contributed by atoms with Crippen molar-refractivity contribution in [3.8, 4) is 0 Å². The molecule has 7 heteroatoms. The van der Waals surface area contributed by atoms with Gasteiger partial charge in [0.1, 0.15) is 0 Å². The van der Waals surface area contributed by atoms with Crippen LogP contribution in [-0.2, 0) is 22.9 Å². The molecule has 2 aromatic rings. The van der Waals surface area contributed by atoms with Gasteiger partial charge < -0.3 is 16.2 Å². The standard InChI is InChI=1S/C21H31N3O3S/c1-15(2)14-24-28(26,27)21-10-9-18(23-3)12-17(21)13-20(25)19(22)11-16-7-5-4-6-8-16/h4-10,12,15,19-20,23-25H,11,13-14,22H2,1-3H3/t19-,20+/m0/s1. The first-order valence-corrected chi connectivity index (χ1v) is 11.0. The van der Waals surface area contributed by atoms with Crippen LogP contribution in [0.1, 0.15) is 25.0 Å². The van der Waals surface area contributed by atoms with Gasteiger partial charge >= 0.3 is 0 Å². The predicted octanol–water partition coefficient (Wildman–Crippen LogP) is 2.14. The number of benzene rings is 2. The van der Waals surface area contributed by atoms with Gasteiger partial charge in [0.15, 0.2) is 0 Å². The molecule has 0 radical (unpaired) electrons. The fraction of sp³-hybridized carbons (Fsp3) is 0.429. The third-order valence-electron chi connectivity index (χ3n) is 4.56. The first kappa shape index (κ1) is 22.4. The Kier molecular flexibility index (Phi) is 8.00. The summed E-state index contributed by atoms with van der Waals surface area (Å²) in [5.74, 6) is 0.194. The molecule has 0 saturated heterocycles. The third kappa shape index (κ3) is 6.31. The molecule has 2 aromatic carbocycles. The van der Waals surface area contributed by atoms with Crippen molar-refractivity contribution in [2.24, 2.45) is 11.7 Å². The Balaban J connectivity index is 2.22. The Bertz CT molecular complexity index is 854. The van der Waals surface area contributed by atoms with Gasteiger partial charge in [-0.25, -0.2) is 13.1 Å². The minimum absolute atomic E-state index is 0.154. The van der Waals surface area contributed by atoms with Crippen molar-refractivity contribution < 1.29 is 13.5 Å². The largest absolute Gasteiger partial charge is 0.391 e. The SMILES string of the molecule is CNc1ccc(S(=O)(=O)NCC(C)C)c(C[C@@H](O)[C@@H](N)Cc2ccccc2)c1. The highest BCUT2D eigenvalue weighted by Crippen LogP contribution is 2.23. The van der Waals surface area contributed by atoms with Crippen molar-refractivity contribution in [3.63, 3.8) is 0 Å². The normalized spacial score (nSPS) is 14.1. The third-order valence-corrected chi connectivity index (χ3v) is 6.08. The molecule has 5 N–H and O–H groups in total. The summed E-state index contributed by atoms with van der Waals surface area (Å²) in [6, 6.07) is 14.2. The maximum Gasteiger partial charge on any atom is 0.240 e. The zero-order valence-electron chi connectivity index (χ0n) is 16.7. The van der Waals surface area contributed by atoms with Crippen molar-refractivity contribution >= 4 is 15.7 Å². The molecule has 0 fully saturated rings. The first-order valence-electron chi connectivity index (χ1n) is 9.51. The van der Waals surface area contributed by atoms with Crippen LogP contribution < -0.4 is 15.8 Å². The van der Waals surface area contributed by atoms with Gasteiger partial charge in [0, 0.05) is 31.7 Å². The Morgan fingerprint density at radius 3 is 2.36 bits per heavy atom. The van der Waals surface area contributed by atoms with Gasteiger partial charge in [0.25, 0.3) is 0 Å². The lowest BCUT2D eigenvalue weighted by molar-refractivity contribution is 0.143. The molecule has 0 aliphatic carbocycles. The predicted molar refractivity (Wildman–Crippen MR) is 114 cm³/mol. The molecule has 0 aromatic heterocycles. The summed E-state index contributed by atoms with van der Waals surface area (Å²) in [7, 11) is -1.91. The van der Waals surface area contributed by atoms with Crippen molar-refractivity contribution in [2.75, 3.05) is 18.9 Å². The summed E-state index contributed by atoms with van der Waals surface area (Å²) in [4.78, 5) is 0.179. The van der Waals surface area contributed by atoms with Crippen LogP contribution in [0.5, 0.6) is 0 Å². The number of rotatable bonds is 10. The van der Waals surface area contributed by atoms with Crippen LogP contribution in [0.2, 0.25) is 0 Å². The Labute approximate surface area is 168 Å². The van der Waals surface area contributed by atoms with Crippen LogP contribution in [0.15, 0.2) is 53.4 Å². The number of nitrogens with two attached hydrogens (primary N) is 1. The van der Waals surface area contributed by atoms with E-state index >= 15 is 0 Å². The zero-order valence-corrected chi connectivity index (χ0v) is 17.5. The molecule has 6 nitrogen and oxygen atoms in total. The lowest BCUT2D eigenvalue weighted by Gasteiger charge is -2.21. The summed E-state index contributed by atoms with van der Waals surface area (Å²) in [5, 5.41) is 13.7. The number of hydrogen-bond donors (Lipinski definition) is 4. The molecular weight excluding hydrogens is 374 g/mol. The average Bonchev–Trinajstić information content (AvgIpc) is 2.67. The Hall–Kier alpha value is -1.93. The second-order valence-electron chi connectivity index (χ2n) is 7.44. The number of sulfonamides is 1. The van der Waals surface area contributed by atoms with Crippen LogP contribution in [0.3, 0.4) is 0 Å². The fourth-order valence-corrected chi connectivity index (χ4v) is 4.35. The van der Waals surface area contributed by atoms with Crippen LogP contribution in [0.4, 0.5) is 5.69 Å². The topological polar surface area (TPSA) is 104 Å². The zero-order chi connectivity index (χ0) is 20.7. The van der Waals surface area contributed by atoms with Gasteiger partial charge in [0.05, 0.1) is 11.0 Å². The van der Waals surface area contributed by atoms with E-state index in [0.717, 1.165) is 11.3 Å². The fourth-order valence-electron chi connectivity index (χ4n) is 2.91. The molecular formula is C21H31N3O3S. The van der Waals surface area contributed by atoms with E-state index in [9.17, 15) is 13.5 Å². The van der Waals surface area contributed by atoms with E-state index in [1.807, 2.05) is 44.2 Å². The van der Waals surface area contributed by atoms with Crippen LogP contribution >= 0.6 is 0 Å². The highest BCUT2D eigenvalue weighted by atomic mass is 32.2. The molecule has 2 atom stereocenters. The molecule has 0 heterocycles. The highest BCUT2D eigenvalue weighted by molar-refractivity contribution is 7.89. The van der Waals surface area contributed by atoms with Gasteiger partial charge in [-0.05, 0) is 41.7 Å². The summed E-state index contributed by atoms with van der Waals surface area (Å²) in [6.07, 6.45) is -0.200. The lowest BCUT2D eigenvalue weighted by atomic mass is 9.97. The van der Waals surface area contributed by atoms with E-state index in [1.165, 1.54) is 0 Å². The molecule has 154 valence electrons. The Morgan fingerprint density at radius 2 is 1.75 bits per heavy atom. The minimum atomic E-state index is -3.67. The monoisotopic (exact) mass is 405 g/mol. The Morgan fingerprint density at radius 1 is 1.07 bits per heavy atom. The molecule has 0 bridgehead atoms. The van der Waals surface area contributed by atoms with Crippen molar-refractivity contribution in [1.82, 2.24) is 4.72 Å². The smallest absolute Gasteiger partial charge is 0.240 e. The molecule has 28 heavy (non-hydrogen) atoms. The van der Waals surface area contributed by atoms with E-state index in [-0.39, 0.29) is 17.2 Å². The second kappa shape index (κ2) is 10.0. The van der Waals surface area contributed by atoms with Gasteiger partial charge in [-0.3, -0.25) is 0 Å². The van der Waals surface area contributed by atoms with E-state index in [4.69, 9.17) is 5.73 Å². The molecule has 0 aliphatic rings.